The van der Waals surface area contributed by atoms with Crippen LogP contribution in [0, 0.1) is 6.92 Å². The van der Waals surface area contributed by atoms with E-state index in [9.17, 15) is 4.79 Å². The Kier molecular flexibility index (Phi) is 3.38. The normalized spacial score (nSPS) is 18.9. The molecule has 23 heavy (non-hydrogen) atoms. The number of rotatable bonds is 1. The highest BCUT2D eigenvalue weighted by atomic mass is 16.5. The monoisotopic (exact) mass is 309 g/mol. The Balaban J connectivity index is 1.50. The third-order valence-corrected chi connectivity index (χ3v) is 4.87. The lowest BCUT2D eigenvalue weighted by atomic mass is 9.84. The van der Waals surface area contributed by atoms with Crippen LogP contribution < -0.4 is 0 Å². The van der Waals surface area contributed by atoms with Crippen molar-refractivity contribution in [3.8, 4) is 0 Å². The zero-order valence-electron chi connectivity index (χ0n) is 13.2. The van der Waals surface area contributed by atoms with Crippen LogP contribution in [0.5, 0.6) is 0 Å². The molecule has 5 heteroatoms. The first-order valence-electron chi connectivity index (χ1n) is 7.98. The van der Waals surface area contributed by atoms with E-state index in [1.807, 2.05) is 11.8 Å². The van der Waals surface area contributed by atoms with E-state index in [1.54, 1.807) is 12.4 Å². The molecule has 0 bridgehead atoms. The van der Waals surface area contributed by atoms with Crippen LogP contribution in [-0.4, -0.2) is 33.9 Å². The number of carbonyl (C=O) groups excluding carboxylic acids is 1. The smallest absolute Gasteiger partial charge is 0.274 e. The lowest BCUT2D eigenvalue weighted by Crippen LogP contribution is -2.45. The third-order valence-electron chi connectivity index (χ3n) is 4.87. The molecule has 4 rings (SSSR count). The minimum Gasteiger partial charge on any atom is -0.365 e. The number of benzene rings is 1. The average molecular weight is 309 g/mol. The molecule has 0 saturated carbocycles. The fourth-order valence-electron chi connectivity index (χ4n) is 3.53. The van der Waals surface area contributed by atoms with E-state index in [-0.39, 0.29) is 11.5 Å². The first-order valence-corrected chi connectivity index (χ1v) is 7.98. The standard InChI is InChI=1S/C18H19N3O2/c1-13-10-20-16(11-19-13)17(22)21-8-6-18(7-9-21)15-5-3-2-4-14(15)12-23-18/h2-5,10-11H,6-9,12H2,1H3. The van der Waals surface area contributed by atoms with Crippen LogP contribution >= 0.6 is 0 Å². The van der Waals surface area contributed by atoms with Crippen molar-refractivity contribution in [1.82, 2.24) is 14.9 Å². The zero-order chi connectivity index (χ0) is 15.9. The van der Waals surface area contributed by atoms with Gasteiger partial charge in [0, 0.05) is 19.3 Å². The molecular formula is C18H19N3O2. The molecule has 1 aromatic heterocycles. The fourth-order valence-corrected chi connectivity index (χ4v) is 3.53. The maximum absolute atomic E-state index is 12.5. The minimum absolute atomic E-state index is 0.0429. The Bertz CT molecular complexity index is 734. The number of hydrogen-bond acceptors (Lipinski definition) is 4. The largest absolute Gasteiger partial charge is 0.365 e. The molecule has 2 aliphatic rings. The summed E-state index contributed by atoms with van der Waals surface area (Å²) in [5.41, 5.74) is 3.58. The van der Waals surface area contributed by atoms with Gasteiger partial charge in [0.15, 0.2) is 0 Å². The molecule has 2 aromatic rings. The van der Waals surface area contributed by atoms with Gasteiger partial charge in [-0.1, -0.05) is 24.3 Å². The second-order valence-corrected chi connectivity index (χ2v) is 6.28. The second-order valence-electron chi connectivity index (χ2n) is 6.28. The minimum atomic E-state index is -0.216. The van der Waals surface area contributed by atoms with Gasteiger partial charge in [-0.05, 0) is 30.9 Å². The Labute approximate surface area is 135 Å². The third kappa shape index (κ3) is 2.41. The van der Waals surface area contributed by atoms with E-state index in [0.717, 1.165) is 18.5 Å². The van der Waals surface area contributed by atoms with Crippen molar-refractivity contribution in [1.29, 1.82) is 0 Å². The summed E-state index contributed by atoms with van der Waals surface area (Å²) in [6.07, 6.45) is 4.85. The van der Waals surface area contributed by atoms with Gasteiger partial charge >= 0.3 is 0 Å². The van der Waals surface area contributed by atoms with E-state index >= 15 is 0 Å². The van der Waals surface area contributed by atoms with Gasteiger partial charge in [-0.15, -0.1) is 0 Å². The molecule has 1 amide bonds. The van der Waals surface area contributed by atoms with Gasteiger partial charge in [0.05, 0.1) is 24.1 Å². The number of amides is 1. The van der Waals surface area contributed by atoms with Crippen LogP contribution in [-0.2, 0) is 16.9 Å². The van der Waals surface area contributed by atoms with Crippen LogP contribution in [0.25, 0.3) is 0 Å². The molecule has 1 fully saturated rings. The molecule has 5 nitrogen and oxygen atoms in total. The Morgan fingerprint density at radius 1 is 1.17 bits per heavy atom. The van der Waals surface area contributed by atoms with Crippen molar-refractivity contribution in [2.24, 2.45) is 0 Å². The Hall–Kier alpha value is -2.27. The predicted octanol–water partition coefficient (Wildman–Crippen LogP) is 2.45. The lowest BCUT2D eigenvalue weighted by molar-refractivity contribution is -0.0742. The molecule has 0 radical (unpaired) electrons. The van der Waals surface area contributed by atoms with Gasteiger partial charge < -0.3 is 9.64 Å². The predicted molar refractivity (Wildman–Crippen MR) is 84.8 cm³/mol. The maximum atomic E-state index is 12.5. The van der Waals surface area contributed by atoms with Crippen LogP contribution in [0.3, 0.4) is 0 Å². The van der Waals surface area contributed by atoms with E-state index in [0.29, 0.717) is 25.4 Å². The van der Waals surface area contributed by atoms with Crippen molar-refractivity contribution >= 4 is 5.91 Å². The molecule has 0 aliphatic carbocycles. The van der Waals surface area contributed by atoms with E-state index in [2.05, 4.69) is 34.2 Å². The second kappa shape index (κ2) is 5.42. The molecule has 0 N–H and O–H groups in total. The molecule has 0 atom stereocenters. The SMILES string of the molecule is Cc1cnc(C(=O)N2CCC3(CC2)OCc2ccccc23)cn1. The van der Waals surface area contributed by atoms with Crippen LogP contribution in [0.1, 0.15) is 40.2 Å². The Morgan fingerprint density at radius 3 is 2.70 bits per heavy atom. The highest BCUT2D eigenvalue weighted by Crippen LogP contribution is 2.44. The van der Waals surface area contributed by atoms with Gasteiger partial charge in [-0.3, -0.25) is 9.78 Å². The van der Waals surface area contributed by atoms with Gasteiger partial charge in [-0.2, -0.15) is 0 Å². The van der Waals surface area contributed by atoms with E-state index in [1.165, 1.54) is 11.1 Å². The summed E-state index contributed by atoms with van der Waals surface area (Å²) < 4.78 is 6.14. The number of nitrogens with zero attached hydrogens (tertiary/aromatic N) is 3. The topological polar surface area (TPSA) is 55.3 Å². The van der Waals surface area contributed by atoms with Crippen molar-refractivity contribution in [2.45, 2.75) is 32.0 Å². The van der Waals surface area contributed by atoms with Crippen molar-refractivity contribution in [2.75, 3.05) is 13.1 Å². The van der Waals surface area contributed by atoms with Crippen LogP contribution in [0.2, 0.25) is 0 Å². The average Bonchev–Trinajstić information content (AvgIpc) is 2.95. The van der Waals surface area contributed by atoms with Gasteiger partial charge in [0.25, 0.3) is 5.91 Å². The molecule has 3 heterocycles. The van der Waals surface area contributed by atoms with Crippen molar-refractivity contribution in [3.05, 3.63) is 59.2 Å². The summed E-state index contributed by atoms with van der Waals surface area (Å²) in [5.74, 6) is -0.0429. The van der Waals surface area contributed by atoms with E-state index in [4.69, 9.17) is 4.74 Å². The van der Waals surface area contributed by atoms with Crippen molar-refractivity contribution < 1.29 is 9.53 Å². The summed E-state index contributed by atoms with van der Waals surface area (Å²) in [6.45, 7) is 3.90. The summed E-state index contributed by atoms with van der Waals surface area (Å²) in [7, 11) is 0. The highest BCUT2D eigenvalue weighted by molar-refractivity contribution is 5.92. The molecule has 118 valence electrons. The zero-order valence-corrected chi connectivity index (χ0v) is 13.2. The first-order chi connectivity index (χ1) is 11.2. The summed E-state index contributed by atoms with van der Waals surface area (Å²) in [5, 5.41) is 0. The quantitative estimate of drug-likeness (QED) is 0.812. The van der Waals surface area contributed by atoms with Crippen molar-refractivity contribution in [3.63, 3.8) is 0 Å². The maximum Gasteiger partial charge on any atom is 0.274 e. The summed E-state index contributed by atoms with van der Waals surface area (Å²) in [6, 6.07) is 8.40. The number of piperidine rings is 1. The molecule has 0 unspecified atom stereocenters. The number of ether oxygens (including phenoxy) is 1. The molecule has 1 aromatic carbocycles. The number of aromatic nitrogens is 2. The molecule has 1 spiro atoms. The van der Waals surface area contributed by atoms with Gasteiger partial charge in [-0.25, -0.2) is 4.98 Å². The molecule has 1 saturated heterocycles. The first kappa shape index (κ1) is 14.3. The lowest BCUT2D eigenvalue weighted by Gasteiger charge is -2.39. The Morgan fingerprint density at radius 2 is 1.96 bits per heavy atom. The van der Waals surface area contributed by atoms with Crippen LogP contribution in [0.4, 0.5) is 0 Å². The molecule has 2 aliphatic heterocycles. The van der Waals surface area contributed by atoms with Gasteiger partial charge in [0.1, 0.15) is 5.69 Å². The number of carbonyl (C=O) groups is 1. The van der Waals surface area contributed by atoms with Crippen LogP contribution in [0.15, 0.2) is 36.7 Å². The van der Waals surface area contributed by atoms with E-state index < -0.39 is 0 Å². The number of likely N-dealkylation sites (tertiary alicyclic amines) is 1. The number of hydrogen-bond donors (Lipinski definition) is 0. The fraction of sp³-hybridized carbons (Fsp3) is 0.389. The summed E-state index contributed by atoms with van der Waals surface area (Å²) in [4.78, 5) is 22.8. The highest BCUT2D eigenvalue weighted by Gasteiger charge is 2.43. The molecular weight excluding hydrogens is 290 g/mol. The number of aryl methyl sites for hydroxylation is 1. The number of fused-ring (bicyclic) bond motifs is 2. The summed E-state index contributed by atoms with van der Waals surface area (Å²) >= 11 is 0. The van der Waals surface area contributed by atoms with Gasteiger partial charge in [0.2, 0.25) is 0 Å².